The van der Waals surface area contributed by atoms with E-state index in [1.807, 2.05) is 0 Å². The van der Waals surface area contributed by atoms with Gasteiger partial charge in [-0.25, -0.2) is 0 Å². The number of carbonyl (C=O) groups excluding carboxylic acids is 1. The van der Waals surface area contributed by atoms with Crippen LogP contribution in [-0.4, -0.2) is 18.2 Å². The fraction of sp³-hybridized carbons (Fsp3) is 0.611. The molecule has 120 valence electrons. The lowest BCUT2D eigenvalue weighted by Gasteiger charge is -2.43. The molecule has 2 bridgehead atoms. The monoisotopic (exact) mass is 318 g/mol. The summed E-state index contributed by atoms with van der Waals surface area (Å²) in [5.74, 6) is 1.51. The summed E-state index contributed by atoms with van der Waals surface area (Å²) in [5, 5.41) is 3.12. The highest BCUT2D eigenvalue weighted by atomic mass is 32.2. The topological polar surface area (TPSA) is 55.1 Å². The molecule has 3 N–H and O–H groups in total. The first kappa shape index (κ1) is 15.9. The van der Waals surface area contributed by atoms with Crippen molar-refractivity contribution in [1.82, 2.24) is 5.32 Å². The number of rotatable bonds is 4. The summed E-state index contributed by atoms with van der Waals surface area (Å²) < 4.78 is 0. The molecule has 22 heavy (non-hydrogen) atoms. The Morgan fingerprint density at radius 2 is 1.86 bits per heavy atom. The molecule has 0 spiro atoms. The van der Waals surface area contributed by atoms with Gasteiger partial charge in [-0.05, 0) is 61.5 Å². The number of nitrogens with two attached hydrogens (primary N) is 1. The van der Waals surface area contributed by atoms with Gasteiger partial charge in [0.25, 0.3) is 0 Å². The maximum Gasteiger partial charge on any atom is 0.223 e. The first-order chi connectivity index (χ1) is 10.7. The van der Waals surface area contributed by atoms with Crippen LogP contribution in [0, 0.1) is 17.8 Å². The predicted octanol–water partition coefficient (Wildman–Crippen LogP) is 3.18. The van der Waals surface area contributed by atoms with E-state index in [9.17, 15) is 4.79 Å². The van der Waals surface area contributed by atoms with Gasteiger partial charge in [0.2, 0.25) is 5.91 Å². The minimum absolute atomic E-state index is 0.167. The first-order valence-electron chi connectivity index (χ1n) is 8.33. The highest BCUT2D eigenvalue weighted by Crippen LogP contribution is 2.41. The average Bonchev–Trinajstić information content (AvgIpc) is 2.53. The SMILES string of the molecule is CSc1ccc(CNC(=O)C2CC3CCCC(C2)C3N)cc1. The summed E-state index contributed by atoms with van der Waals surface area (Å²) >= 11 is 1.73. The van der Waals surface area contributed by atoms with Crippen LogP contribution < -0.4 is 11.1 Å². The average molecular weight is 318 g/mol. The second-order valence-corrected chi connectivity index (χ2v) is 7.64. The maximum absolute atomic E-state index is 12.5. The quantitative estimate of drug-likeness (QED) is 0.838. The lowest BCUT2D eigenvalue weighted by atomic mass is 9.65. The molecule has 0 heterocycles. The Labute approximate surface area is 137 Å². The molecular weight excluding hydrogens is 292 g/mol. The molecule has 2 unspecified atom stereocenters. The molecule has 0 aliphatic heterocycles. The van der Waals surface area contributed by atoms with E-state index < -0.39 is 0 Å². The largest absolute Gasteiger partial charge is 0.352 e. The number of fused-ring (bicyclic) bond motifs is 2. The van der Waals surface area contributed by atoms with Crippen molar-refractivity contribution < 1.29 is 4.79 Å². The smallest absolute Gasteiger partial charge is 0.223 e. The molecule has 2 aliphatic carbocycles. The van der Waals surface area contributed by atoms with Gasteiger partial charge in [-0.15, -0.1) is 11.8 Å². The number of hydrogen-bond donors (Lipinski definition) is 2. The van der Waals surface area contributed by atoms with Gasteiger partial charge in [-0.2, -0.15) is 0 Å². The highest BCUT2D eigenvalue weighted by molar-refractivity contribution is 7.98. The highest BCUT2D eigenvalue weighted by Gasteiger charge is 2.40. The molecular formula is C18H26N2OS. The Balaban J connectivity index is 1.53. The second kappa shape index (κ2) is 7.05. The van der Waals surface area contributed by atoms with E-state index >= 15 is 0 Å². The number of nitrogens with one attached hydrogen (secondary N) is 1. The van der Waals surface area contributed by atoms with E-state index in [1.165, 1.54) is 29.7 Å². The molecule has 4 heteroatoms. The summed E-state index contributed by atoms with van der Waals surface area (Å²) in [4.78, 5) is 13.7. The zero-order chi connectivity index (χ0) is 15.5. The van der Waals surface area contributed by atoms with Gasteiger partial charge in [0, 0.05) is 23.4 Å². The number of hydrogen-bond acceptors (Lipinski definition) is 3. The molecule has 1 amide bonds. The van der Waals surface area contributed by atoms with E-state index in [0.717, 1.165) is 12.8 Å². The third-order valence-electron chi connectivity index (χ3n) is 5.41. The zero-order valence-electron chi connectivity index (χ0n) is 13.3. The van der Waals surface area contributed by atoms with E-state index in [1.54, 1.807) is 11.8 Å². The van der Waals surface area contributed by atoms with Crippen molar-refractivity contribution in [3.8, 4) is 0 Å². The Hall–Kier alpha value is -1.00. The van der Waals surface area contributed by atoms with Crippen molar-refractivity contribution in [2.45, 2.75) is 49.6 Å². The molecule has 3 nitrogen and oxygen atoms in total. The van der Waals surface area contributed by atoms with Crippen LogP contribution in [0.1, 0.15) is 37.7 Å². The molecule has 0 aromatic heterocycles. The van der Waals surface area contributed by atoms with Crippen LogP contribution in [-0.2, 0) is 11.3 Å². The molecule has 1 aromatic carbocycles. The Morgan fingerprint density at radius 1 is 1.23 bits per heavy atom. The van der Waals surface area contributed by atoms with Gasteiger partial charge < -0.3 is 11.1 Å². The van der Waals surface area contributed by atoms with Crippen molar-refractivity contribution in [1.29, 1.82) is 0 Å². The first-order valence-corrected chi connectivity index (χ1v) is 9.56. The van der Waals surface area contributed by atoms with Crippen molar-refractivity contribution >= 4 is 17.7 Å². The summed E-state index contributed by atoms with van der Waals surface area (Å²) in [6.07, 6.45) is 7.74. The summed E-state index contributed by atoms with van der Waals surface area (Å²) in [5.41, 5.74) is 7.47. The van der Waals surface area contributed by atoms with Gasteiger partial charge in [0.05, 0.1) is 0 Å². The number of benzene rings is 1. The molecule has 0 saturated heterocycles. The summed E-state index contributed by atoms with van der Waals surface area (Å²) in [7, 11) is 0. The van der Waals surface area contributed by atoms with Crippen LogP contribution in [0.5, 0.6) is 0 Å². The van der Waals surface area contributed by atoms with Crippen LogP contribution in [0.25, 0.3) is 0 Å². The summed E-state index contributed by atoms with van der Waals surface area (Å²) in [6.45, 7) is 0.630. The second-order valence-electron chi connectivity index (χ2n) is 6.76. The minimum atomic E-state index is 0.167. The Kier molecular flexibility index (Phi) is 5.09. The molecule has 2 atom stereocenters. The van der Waals surface area contributed by atoms with Crippen LogP contribution in [0.15, 0.2) is 29.2 Å². The van der Waals surface area contributed by atoms with Gasteiger partial charge in [-0.3, -0.25) is 4.79 Å². The van der Waals surface area contributed by atoms with Crippen molar-refractivity contribution in [3.05, 3.63) is 29.8 Å². The Bertz CT molecular complexity index is 502. The van der Waals surface area contributed by atoms with Crippen LogP contribution >= 0.6 is 11.8 Å². The van der Waals surface area contributed by atoms with E-state index in [-0.39, 0.29) is 11.8 Å². The third-order valence-corrected chi connectivity index (χ3v) is 6.15. The molecule has 3 rings (SSSR count). The minimum Gasteiger partial charge on any atom is -0.352 e. The zero-order valence-corrected chi connectivity index (χ0v) is 14.1. The molecule has 0 radical (unpaired) electrons. The fourth-order valence-electron chi connectivity index (χ4n) is 4.08. The van der Waals surface area contributed by atoms with Crippen LogP contribution in [0.2, 0.25) is 0 Å². The fourth-order valence-corrected chi connectivity index (χ4v) is 4.49. The van der Waals surface area contributed by atoms with Crippen molar-refractivity contribution in [2.24, 2.45) is 23.5 Å². The molecule has 2 fully saturated rings. The number of carbonyl (C=O) groups is 1. The normalized spacial score (nSPS) is 30.8. The summed E-state index contributed by atoms with van der Waals surface area (Å²) in [6, 6.07) is 8.73. The van der Waals surface area contributed by atoms with Crippen LogP contribution in [0.4, 0.5) is 0 Å². The molecule has 2 saturated carbocycles. The predicted molar refractivity (Wildman–Crippen MR) is 91.6 cm³/mol. The molecule has 1 aromatic rings. The van der Waals surface area contributed by atoms with E-state index in [0.29, 0.717) is 24.4 Å². The van der Waals surface area contributed by atoms with Crippen molar-refractivity contribution in [2.75, 3.05) is 6.26 Å². The lowest BCUT2D eigenvalue weighted by Crippen LogP contribution is -2.49. The van der Waals surface area contributed by atoms with Gasteiger partial charge >= 0.3 is 0 Å². The van der Waals surface area contributed by atoms with Gasteiger partial charge in [0.1, 0.15) is 0 Å². The van der Waals surface area contributed by atoms with Gasteiger partial charge in [-0.1, -0.05) is 18.6 Å². The lowest BCUT2D eigenvalue weighted by molar-refractivity contribution is -0.128. The number of amides is 1. The van der Waals surface area contributed by atoms with E-state index in [2.05, 4.69) is 35.8 Å². The van der Waals surface area contributed by atoms with Crippen molar-refractivity contribution in [3.63, 3.8) is 0 Å². The third kappa shape index (κ3) is 3.49. The standard InChI is InChI=1S/C18H26N2OS/c1-22-16-7-5-12(6-8-16)11-20-18(21)15-9-13-3-2-4-14(10-15)17(13)19/h5-8,13-15,17H,2-4,9-11,19H2,1H3,(H,20,21). The van der Waals surface area contributed by atoms with Gasteiger partial charge in [0.15, 0.2) is 0 Å². The number of thioether (sulfide) groups is 1. The molecule has 2 aliphatic rings. The van der Waals surface area contributed by atoms with Crippen LogP contribution in [0.3, 0.4) is 0 Å². The van der Waals surface area contributed by atoms with E-state index in [4.69, 9.17) is 5.73 Å². The Morgan fingerprint density at radius 3 is 2.45 bits per heavy atom. The maximum atomic E-state index is 12.5.